The zero-order valence-electron chi connectivity index (χ0n) is 21.7. The zero-order valence-corrected chi connectivity index (χ0v) is 21.7. The highest BCUT2D eigenvalue weighted by molar-refractivity contribution is 5.86. The number of carboxylic acids is 2. The van der Waals surface area contributed by atoms with Crippen molar-refractivity contribution in [2.24, 2.45) is 0 Å². The summed E-state index contributed by atoms with van der Waals surface area (Å²) in [5.41, 5.74) is 0. The van der Waals surface area contributed by atoms with Crippen molar-refractivity contribution in [3.63, 3.8) is 0 Å². The van der Waals surface area contributed by atoms with Crippen LogP contribution < -0.4 is 5.32 Å². The van der Waals surface area contributed by atoms with E-state index < -0.39 is 24.4 Å². The number of aliphatic carboxylic acids is 2. The number of hydrogen-bond donors (Lipinski definition) is 3. The minimum atomic E-state index is -1.35. The summed E-state index contributed by atoms with van der Waals surface area (Å²) in [7, 11) is 0. The second-order valence-corrected chi connectivity index (χ2v) is 9.51. The third-order valence-corrected chi connectivity index (χ3v) is 6.18. The van der Waals surface area contributed by atoms with Gasteiger partial charge in [-0.2, -0.15) is 0 Å². The van der Waals surface area contributed by atoms with Crippen LogP contribution in [0.4, 0.5) is 0 Å². The molecule has 34 heavy (non-hydrogen) atoms. The highest BCUT2D eigenvalue weighted by Gasteiger charge is 2.22. The van der Waals surface area contributed by atoms with Crippen molar-refractivity contribution >= 4 is 17.8 Å². The maximum Gasteiger partial charge on any atom is 0.326 e. The molecular formula is C28H51NO5. The van der Waals surface area contributed by atoms with Crippen LogP contribution in [-0.4, -0.2) is 34.1 Å². The van der Waals surface area contributed by atoms with E-state index in [1.807, 2.05) is 0 Å². The van der Waals surface area contributed by atoms with Gasteiger partial charge in [0, 0.05) is 6.42 Å². The van der Waals surface area contributed by atoms with Crippen LogP contribution in [0.5, 0.6) is 0 Å². The molecule has 0 saturated heterocycles. The second kappa shape index (κ2) is 24.3. The molecule has 0 aliphatic rings. The molecule has 0 aromatic heterocycles. The monoisotopic (exact) mass is 481 g/mol. The molecule has 0 aromatic carbocycles. The van der Waals surface area contributed by atoms with Gasteiger partial charge in [-0.25, -0.2) is 4.79 Å². The normalized spacial score (nSPS) is 12.1. The molecule has 198 valence electrons. The van der Waals surface area contributed by atoms with Crippen molar-refractivity contribution in [2.45, 2.75) is 148 Å². The molecular weight excluding hydrogens is 430 g/mol. The van der Waals surface area contributed by atoms with Crippen LogP contribution in [0.1, 0.15) is 142 Å². The minimum absolute atomic E-state index is 0.248. The third kappa shape index (κ3) is 23.3. The number of carbonyl (C=O) groups excluding carboxylic acids is 1. The lowest BCUT2D eigenvalue weighted by Crippen LogP contribution is -2.42. The Morgan fingerprint density at radius 3 is 1.47 bits per heavy atom. The van der Waals surface area contributed by atoms with Crippen molar-refractivity contribution in [3.05, 3.63) is 12.2 Å². The van der Waals surface area contributed by atoms with Gasteiger partial charge in [0.2, 0.25) is 5.91 Å². The van der Waals surface area contributed by atoms with Crippen molar-refractivity contribution in [1.82, 2.24) is 5.32 Å². The van der Waals surface area contributed by atoms with Crippen LogP contribution in [0.25, 0.3) is 0 Å². The number of amides is 1. The Kier molecular flexibility index (Phi) is 23.0. The summed E-state index contributed by atoms with van der Waals surface area (Å²) in [6.45, 7) is 2.26. The minimum Gasteiger partial charge on any atom is -0.481 e. The molecule has 0 radical (unpaired) electrons. The van der Waals surface area contributed by atoms with Gasteiger partial charge >= 0.3 is 11.9 Å². The largest absolute Gasteiger partial charge is 0.481 e. The molecule has 0 aliphatic heterocycles. The summed E-state index contributed by atoms with van der Waals surface area (Å²) in [6, 6.07) is -1.35. The van der Waals surface area contributed by atoms with Gasteiger partial charge < -0.3 is 15.5 Å². The van der Waals surface area contributed by atoms with Gasteiger partial charge in [0.1, 0.15) is 6.04 Å². The lowest BCUT2D eigenvalue weighted by Gasteiger charge is -2.12. The summed E-state index contributed by atoms with van der Waals surface area (Å²) in [6.07, 6.45) is 28.1. The van der Waals surface area contributed by atoms with E-state index in [-0.39, 0.29) is 12.3 Å². The number of nitrogens with one attached hydrogen (secondary N) is 1. The fourth-order valence-corrected chi connectivity index (χ4v) is 4.06. The molecule has 6 nitrogen and oxygen atoms in total. The quantitative estimate of drug-likeness (QED) is 0.0930. The third-order valence-electron chi connectivity index (χ3n) is 6.18. The van der Waals surface area contributed by atoms with E-state index in [1.54, 1.807) is 0 Å². The van der Waals surface area contributed by atoms with Crippen LogP contribution in [0.15, 0.2) is 12.2 Å². The standard InChI is InChI=1S/C28H51NO5/c1-2-3-4-5-6-7-8-9-10-11-12-13-14-15-16-17-18-19-20-21-22-23-26(30)29-25(28(33)34)24-27(31)32/h9-10,25H,2-8,11-24H2,1H3,(H,29,30)(H,31,32)(H,33,34)/b10-9+. The van der Waals surface area contributed by atoms with E-state index in [2.05, 4.69) is 24.4 Å². The van der Waals surface area contributed by atoms with Crippen LogP contribution in [0, 0.1) is 0 Å². The van der Waals surface area contributed by atoms with E-state index >= 15 is 0 Å². The van der Waals surface area contributed by atoms with Gasteiger partial charge in [-0.3, -0.25) is 9.59 Å². The Morgan fingerprint density at radius 2 is 1.06 bits per heavy atom. The second-order valence-electron chi connectivity index (χ2n) is 9.51. The number of hydrogen-bond acceptors (Lipinski definition) is 3. The summed E-state index contributed by atoms with van der Waals surface area (Å²) < 4.78 is 0. The Morgan fingerprint density at radius 1 is 0.647 bits per heavy atom. The summed E-state index contributed by atoms with van der Waals surface area (Å²) >= 11 is 0. The van der Waals surface area contributed by atoms with E-state index in [0.29, 0.717) is 6.42 Å². The number of allylic oxidation sites excluding steroid dienone is 2. The fourth-order valence-electron chi connectivity index (χ4n) is 4.06. The molecule has 0 heterocycles. The van der Waals surface area contributed by atoms with E-state index in [0.717, 1.165) is 12.8 Å². The average Bonchev–Trinajstić information content (AvgIpc) is 2.79. The topological polar surface area (TPSA) is 104 Å². The number of unbranched alkanes of at least 4 members (excludes halogenated alkanes) is 17. The average molecular weight is 482 g/mol. The highest BCUT2D eigenvalue weighted by atomic mass is 16.4. The Balaban J connectivity index is 3.36. The van der Waals surface area contributed by atoms with Crippen LogP contribution in [0.2, 0.25) is 0 Å². The molecule has 0 bridgehead atoms. The first kappa shape index (κ1) is 32.1. The molecule has 0 saturated carbocycles. The Labute approximate surface area is 208 Å². The predicted octanol–water partition coefficient (Wildman–Crippen LogP) is 7.41. The maximum absolute atomic E-state index is 11.8. The Hall–Kier alpha value is -1.85. The number of carbonyl (C=O) groups is 3. The fraction of sp³-hybridized carbons (Fsp3) is 0.821. The molecule has 0 fully saturated rings. The van der Waals surface area contributed by atoms with Gasteiger partial charge in [-0.1, -0.05) is 109 Å². The molecule has 6 heteroatoms. The van der Waals surface area contributed by atoms with E-state index in [9.17, 15) is 14.4 Å². The smallest absolute Gasteiger partial charge is 0.326 e. The first-order valence-corrected chi connectivity index (χ1v) is 13.9. The highest BCUT2D eigenvalue weighted by Crippen LogP contribution is 2.13. The molecule has 0 spiro atoms. The Bertz CT molecular complexity index is 547. The van der Waals surface area contributed by atoms with Crippen LogP contribution >= 0.6 is 0 Å². The lowest BCUT2D eigenvalue weighted by atomic mass is 10.0. The van der Waals surface area contributed by atoms with Crippen LogP contribution in [-0.2, 0) is 14.4 Å². The van der Waals surface area contributed by atoms with E-state index in [1.165, 1.54) is 103 Å². The van der Waals surface area contributed by atoms with Gasteiger partial charge in [0.25, 0.3) is 0 Å². The number of carboxylic acid groups (broad SMARTS) is 2. The first-order valence-electron chi connectivity index (χ1n) is 13.9. The van der Waals surface area contributed by atoms with E-state index in [4.69, 9.17) is 10.2 Å². The number of rotatable bonds is 25. The van der Waals surface area contributed by atoms with Gasteiger partial charge in [0.05, 0.1) is 6.42 Å². The molecule has 1 amide bonds. The van der Waals surface area contributed by atoms with Gasteiger partial charge in [0.15, 0.2) is 0 Å². The first-order chi connectivity index (χ1) is 16.5. The molecule has 1 atom stereocenters. The van der Waals surface area contributed by atoms with Crippen molar-refractivity contribution < 1.29 is 24.6 Å². The molecule has 3 N–H and O–H groups in total. The van der Waals surface area contributed by atoms with Gasteiger partial charge in [-0.05, 0) is 32.1 Å². The lowest BCUT2D eigenvalue weighted by molar-refractivity contribution is -0.147. The van der Waals surface area contributed by atoms with Crippen molar-refractivity contribution in [2.75, 3.05) is 0 Å². The maximum atomic E-state index is 11.8. The molecule has 0 aliphatic carbocycles. The molecule has 1 unspecified atom stereocenters. The summed E-state index contributed by atoms with van der Waals surface area (Å²) in [5.74, 6) is -2.94. The molecule has 0 rings (SSSR count). The van der Waals surface area contributed by atoms with Crippen molar-refractivity contribution in [1.29, 1.82) is 0 Å². The SMILES string of the molecule is CCCCCCCC/C=C/CCCCCCCCCCCCCC(=O)NC(CC(=O)O)C(=O)O. The van der Waals surface area contributed by atoms with Crippen LogP contribution in [0.3, 0.4) is 0 Å². The molecule has 0 aromatic rings. The van der Waals surface area contributed by atoms with Crippen molar-refractivity contribution in [3.8, 4) is 0 Å². The zero-order chi connectivity index (χ0) is 25.3. The van der Waals surface area contributed by atoms with Gasteiger partial charge in [-0.15, -0.1) is 0 Å². The predicted molar refractivity (Wildman–Crippen MR) is 139 cm³/mol. The summed E-state index contributed by atoms with van der Waals surface area (Å²) in [5, 5.41) is 19.9. The summed E-state index contributed by atoms with van der Waals surface area (Å²) in [4.78, 5) is 33.4.